The molecule has 266 valence electrons. The summed E-state index contributed by atoms with van der Waals surface area (Å²) < 4.78 is 47.5. The number of halogens is 3. The Labute approximate surface area is 316 Å². The summed E-state index contributed by atoms with van der Waals surface area (Å²) in [7, 11) is 3.68. The number of aromatic nitrogens is 6. The fraction of sp³-hybridized carbons (Fsp3) is 0.543. The normalized spacial score (nSPS) is 19.1. The Morgan fingerprint density at radius 1 is 1.10 bits per heavy atom. The van der Waals surface area contributed by atoms with Crippen molar-refractivity contribution >= 4 is 28.6 Å². The minimum Gasteiger partial charge on any atom is -0.550 e. The van der Waals surface area contributed by atoms with Gasteiger partial charge in [-0.1, -0.05) is 6.42 Å². The first-order chi connectivity index (χ1) is 23.9. The van der Waals surface area contributed by atoms with Crippen LogP contribution in [-0.2, 0) is 15.7 Å². The van der Waals surface area contributed by atoms with Crippen molar-refractivity contribution in [3.63, 3.8) is 0 Å². The van der Waals surface area contributed by atoms with E-state index in [2.05, 4.69) is 36.6 Å². The van der Waals surface area contributed by atoms with Crippen LogP contribution >= 0.6 is 0 Å². The average Bonchev–Trinajstić information content (AvgIpc) is 3.84. The number of carbonyl (C=O) groups is 1. The number of hydrogen-bond donors (Lipinski definition) is 1. The molecule has 2 aliphatic carbocycles. The second kappa shape index (κ2) is 14.9. The van der Waals surface area contributed by atoms with E-state index in [1.807, 2.05) is 13.1 Å². The maximum Gasteiger partial charge on any atom is 1.00 e. The van der Waals surface area contributed by atoms with Crippen molar-refractivity contribution in [2.45, 2.75) is 63.6 Å². The van der Waals surface area contributed by atoms with Crippen molar-refractivity contribution in [3.8, 4) is 22.8 Å². The number of aliphatic carboxylic acids is 1. The molecule has 7 rings (SSSR count). The summed E-state index contributed by atoms with van der Waals surface area (Å²) in [6, 6.07) is 4.73. The molecule has 51 heavy (non-hydrogen) atoms. The van der Waals surface area contributed by atoms with Gasteiger partial charge in [-0.2, -0.15) is 13.2 Å². The summed E-state index contributed by atoms with van der Waals surface area (Å²) in [5.74, 6) is 0.111. The van der Waals surface area contributed by atoms with Gasteiger partial charge >= 0.3 is 35.7 Å². The van der Waals surface area contributed by atoms with Crippen molar-refractivity contribution in [1.82, 2.24) is 34.8 Å². The first kappa shape index (κ1) is 37.4. The fourth-order valence-corrected chi connectivity index (χ4v) is 7.31. The van der Waals surface area contributed by atoms with Gasteiger partial charge in [-0.15, -0.1) is 0 Å². The van der Waals surface area contributed by atoms with Crippen LogP contribution in [0.3, 0.4) is 0 Å². The SMILES string of the molecule is COCC1(CN(C)c2cc(-c3cc(C4CC4)nc(C(F)(F)F)c3)nc3nc(-c4cnc(N5CCN(CCC(=O)[O-])C[C@H]5C)cn4)[nH]c23)CCC1.[Na+]. The third-order valence-electron chi connectivity index (χ3n) is 10.2. The molecular weight excluding hydrogens is 674 g/mol. The molecule has 0 unspecified atom stereocenters. The van der Waals surface area contributed by atoms with Crippen molar-refractivity contribution < 1.29 is 57.4 Å². The van der Waals surface area contributed by atoms with E-state index < -0.39 is 17.8 Å². The average molecular weight is 716 g/mol. The van der Waals surface area contributed by atoms with Gasteiger partial charge in [-0.25, -0.2) is 24.9 Å². The van der Waals surface area contributed by atoms with Crippen molar-refractivity contribution in [2.75, 3.05) is 63.3 Å². The van der Waals surface area contributed by atoms with Crippen LogP contribution in [0, 0.1) is 5.41 Å². The molecule has 0 aromatic carbocycles. The van der Waals surface area contributed by atoms with Crippen molar-refractivity contribution in [1.29, 1.82) is 0 Å². The van der Waals surface area contributed by atoms with Crippen LogP contribution < -0.4 is 44.5 Å². The molecule has 3 fully saturated rings. The fourth-order valence-electron chi connectivity index (χ4n) is 7.31. The van der Waals surface area contributed by atoms with Crippen LogP contribution in [0.1, 0.15) is 62.8 Å². The first-order valence-electron chi connectivity index (χ1n) is 17.1. The molecule has 3 aliphatic rings. The van der Waals surface area contributed by atoms with Crippen LogP contribution in [-0.4, -0.2) is 100 Å². The van der Waals surface area contributed by atoms with Gasteiger partial charge in [0.15, 0.2) is 11.5 Å². The van der Waals surface area contributed by atoms with E-state index >= 15 is 0 Å². The summed E-state index contributed by atoms with van der Waals surface area (Å²) in [5.41, 5.74) is 2.51. The summed E-state index contributed by atoms with van der Waals surface area (Å²) >= 11 is 0. The summed E-state index contributed by atoms with van der Waals surface area (Å²) in [6.45, 7) is 5.89. The second-order valence-corrected chi connectivity index (χ2v) is 14.1. The van der Waals surface area contributed by atoms with Gasteiger partial charge in [-0.3, -0.25) is 4.90 Å². The number of nitrogens with one attached hydrogen (secondary N) is 1. The van der Waals surface area contributed by atoms with Crippen LogP contribution in [0.5, 0.6) is 0 Å². The van der Waals surface area contributed by atoms with E-state index in [0.29, 0.717) is 84.8 Å². The van der Waals surface area contributed by atoms with E-state index in [-0.39, 0.29) is 53.4 Å². The number of carboxylic acid groups (broad SMARTS) is 1. The van der Waals surface area contributed by atoms with Gasteiger partial charge in [0.1, 0.15) is 22.7 Å². The Bertz CT molecular complexity index is 1870. The second-order valence-electron chi connectivity index (χ2n) is 14.1. The number of hydrogen-bond acceptors (Lipinski definition) is 11. The molecule has 0 bridgehead atoms. The monoisotopic (exact) mass is 715 g/mol. The van der Waals surface area contributed by atoms with Crippen LogP contribution in [0.2, 0.25) is 0 Å². The number of nitrogens with zero attached hydrogens (tertiary/aromatic N) is 8. The number of fused-ring (bicyclic) bond motifs is 1. The molecule has 4 aromatic heterocycles. The topological polar surface area (TPSA) is 139 Å². The molecule has 12 nitrogen and oxygen atoms in total. The first-order valence-corrected chi connectivity index (χ1v) is 17.1. The quantitative estimate of drug-likeness (QED) is 0.212. The van der Waals surface area contributed by atoms with E-state index in [0.717, 1.165) is 43.9 Å². The van der Waals surface area contributed by atoms with Crippen LogP contribution in [0.15, 0.2) is 30.6 Å². The van der Waals surface area contributed by atoms with Gasteiger partial charge in [-0.05, 0) is 57.2 Å². The third-order valence-corrected chi connectivity index (χ3v) is 10.2. The van der Waals surface area contributed by atoms with Gasteiger partial charge in [0.25, 0.3) is 0 Å². The summed E-state index contributed by atoms with van der Waals surface area (Å²) in [6.07, 6.45) is 3.56. The molecule has 16 heteroatoms. The van der Waals surface area contributed by atoms with Crippen LogP contribution in [0.4, 0.5) is 24.7 Å². The molecule has 1 aliphatic heterocycles. The van der Waals surface area contributed by atoms with Gasteiger partial charge < -0.3 is 29.4 Å². The minimum atomic E-state index is -4.59. The third kappa shape index (κ3) is 8.17. The largest absolute Gasteiger partial charge is 1.00 e. The molecule has 1 N–H and O–H groups in total. The number of aromatic amines is 1. The standard InChI is InChI=1S/C35H42F3N9O3.Na/c1-21-18-46(10-7-30(48)49)11-12-47(21)29-17-39-26(16-40-29)32-43-31-27(45(2)19-34(20-50-3)8-4-9-34)15-25(42-33(31)44-32)23-13-24(22-5-6-22)41-28(14-23)35(36,37)38;/h13-17,21-22H,4-12,18-20H2,1-3H3,(H,48,49)(H,42,43,44);/q;+1/p-1/t21-;/m1./s1. The molecular formula is C35H41F3N9NaO3. The molecule has 2 saturated carbocycles. The van der Waals surface area contributed by atoms with E-state index in [4.69, 9.17) is 19.7 Å². The number of methoxy groups -OCH3 is 1. The molecule has 5 heterocycles. The smallest absolute Gasteiger partial charge is 0.550 e. The molecule has 0 spiro atoms. The summed E-state index contributed by atoms with van der Waals surface area (Å²) in [5, 5.41) is 10.9. The van der Waals surface area contributed by atoms with Gasteiger partial charge in [0.05, 0.1) is 30.4 Å². The van der Waals surface area contributed by atoms with Gasteiger partial charge in [0, 0.05) is 81.5 Å². The Morgan fingerprint density at radius 3 is 2.49 bits per heavy atom. The van der Waals surface area contributed by atoms with Crippen molar-refractivity contribution in [2.24, 2.45) is 5.41 Å². The molecule has 0 radical (unpaired) electrons. The number of ether oxygens (including phenoxy) is 1. The van der Waals surface area contributed by atoms with Crippen molar-refractivity contribution in [3.05, 3.63) is 42.0 Å². The zero-order chi connectivity index (χ0) is 35.2. The Hall–Kier alpha value is -3.37. The number of imidazole rings is 1. The van der Waals surface area contributed by atoms with Crippen LogP contribution in [0.25, 0.3) is 33.9 Å². The Kier molecular flexibility index (Phi) is 10.9. The zero-order valence-corrected chi connectivity index (χ0v) is 31.5. The van der Waals surface area contributed by atoms with E-state index in [9.17, 15) is 23.1 Å². The Morgan fingerprint density at radius 2 is 1.88 bits per heavy atom. The predicted molar refractivity (Wildman–Crippen MR) is 179 cm³/mol. The van der Waals surface area contributed by atoms with E-state index in [1.165, 1.54) is 0 Å². The molecule has 0 amide bonds. The maximum atomic E-state index is 14.0. The number of pyridine rings is 2. The maximum absolute atomic E-state index is 14.0. The number of piperazine rings is 1. The number of alkyl halides is 3. The minimum absolute atomic E-state index is 0. The summed E-state index contributed by atoms with van der Waals surface area (Å²) in [4.78, 5) is 43.6. The molecule has 1 atom stereocenters. The molecule has 4 aromatic rings. The molecule has 1 saturated heterocycles. The number of H-pyrrole nitrogens is 1. The predicted octanol–water partition coefficient (Wildman–Crippen LogP) is 1.28. The number of anilines is 2. The number of carboxylic acids is 1. The zero-order valence-electron chi connectivity index (χ0n) is 29.5. The number of rotatable bonds is 12. The Balaban J connectivity index is 0.00000448. The van der Waals surface area contributed by atoms with E-state index in [1.54, 1.807) is 25.6 Å². The number of carbonyl (C=O) groups excluding carboxylic acids is 1. The van der Waals surface area contributed by atoms with Gasteiger partial charge in [0.2, 0.25) is 0 Å².